The number of rotatable bonds is 7. The van der Waals surface area contributed by atoms with Gasteiger partial charge in [-0.1, -0.05) is 6.07 Å². The van der Waals surface area contributed by atoms with Gasteiger partial charge in [0.15, 0.2) is 11.6 Å². The average molecular weight is 291 g/mol. The van der Waals surface area contributed by atoms with Crippen molar-refractivity contribution in [1.82, 2.24) is 14.8 Å². The molecule has 8 heteroatoms. The molecule has 112 valence electrons. The largest absolute Gasteiger partial charge is 0.487 e. The summed E-state index contributed by atoms with van der Waals surface area (Å²) in [5, 5.41) is 22.1. The van der Waals surface area contributed by atoms with Gasteiger partial charge < -0.3 is 14.6 Å². The Kier molecular flexibility index (Phi) is 4.70. The predicted octanol–water partition coefficient (Wildman–Crippen LogP) is 2.22. The molecule has 0 aliphatic rings. The molecule has 0 saturated heterocycles. The van der Waals surface area contributed by atoms with Crippen LogP contribution in [0.3, 0.4) is 0 Å². The first kappa shape index (κ1) is 14.8. The van der Waals surface area contributed by atoms with Gasteiger partial charge in [0.2, 0.25) is 0 Å². The Bertz CT molecular complexity index is 626. The third-order valence-electron chi connectivity index (χ3n) is 2.95. The molecule has 0 aliphatic heterocycles. The molecule has 21 heavy (non-hydrogen) atoms. The van der Waals surface area contributed by atoms with Crippen molar-refractivity contribution in [2.75, 3.05) is 11.9 Å². The van der Waals surface area contributed by atoms with Gasteiger partial charge in [-0.3, -0.25) is 10.1 Å². The van der Waals surface area contributed by atoms with E-state index in [0.717, 1.165) is 6.54 Å². The molecule has 8 nitrogen and oxygen atoms in total. The summed E-state index contributed by atoms with van der Waals surface area (Å²) in [5.41, 5.74) is 0.332. The second-order valence-electron chi connectivity index (χ2n) is 4.23. The molecule has 0 radical (unpaired) electrons. The molecule has 0 bridgehead atoms. The number of aryl methyl sites for hydroxylation is 1. The number of nitro benzene ring substituents is 1. The predicted molar refractivity (Wildman–Crippen MR) is 77.3 cm³/mol. The van der Waals surface area contributed by atoms with E-state index in [1.165, 1.54) is 0 Å². The van der Waals surface area contributed by atoms with Crippen LogP contribution in [-0.2, 0) is 13.1 Å². The highest BCUT2D eigenvalue weighted by molar-refractivity contribution is 5.68. The molecule has 2 rings (SSSR count). The summed E-state index contributed by atoms with van der Waals surface area (Å²) >= 11 is 0. The van der Waals surface area contributed by atoms with E-state index >= 15 is 0 Å². The lowest BCUT2D eigenvalue weighted by atomic mass is 10.2. The maximum absolute atomic E-state index is 11.3. The minimum Gasteiger partial charge on any atom is -0.487 e. The number of ether oxygens (including phenoxy) is 1. The third kappa shape index (κ3) is 3.28. The van der Waals surface area contributed by atoms with Gasteiger partial charge in [0.25, 0.3) is 0 Å². The number of para-hydroxylation sites is 1. The molecule has 0 amide bonds. The van der Waals surface area contributed by atoms with Gasteiger partial charge in [-0.25, -0.2) is 0 Å². The van der Waals surface area contributed by atoms with E-state index in [2.05, 4.69) is 15.5 Å². The number of hydrogen-bond donors (Lipinski definition) is 1. The van der Waals surface area contributed by atoms with Crippen LogP contribution in [0, 0.1) is 10.1 Å². The zero-order valence-corrected chi connectivity index (χ0v) is 11.9. The SMILES string of the molecule is CCOc1cccc(NCc2nncn2CC)c1[N+](=O)[O-]. The molecule has 1 aromatic carbocycles. The van der Waals surface area contributed by atoms with E-state index in [1.807, 2.05) is 11.5 Å². The van der Waals surface area contributed by atoms with Crippen molar-refractivity contribution in [1.29, 1.82) is 0 Å². The normalized spacial score (nSPS) is 10.4. The van der Waals surface area contributed by atoms with E-state index in [4.69, 9.17) is 4.74 Å². The number of anilines is 1. The smallest absolute Gasteiger partial charge is 0.333 e. The molecule has 0 fully saturated rings. The highest BCUT2D eigenvalue weighted by atomic mass is 16.6. The van der Waals surface area contributed by atoms with Gasteiger partial charge in [0.05, 0.1) is 18.1 Å². The van der Waals surface area contributed by atoms with Crippen LogP contribution in [0.4, 0.5) is 11.4 Å². The Labute approximate surface area is 121 Å². The van der Waals surface area contributed by atoms with E-state index < -0.39 is 4.92 Å². The molecule has 0 aliphatic carbocycles. The summed E-state index contributed by atoms with van der Waals surface area (Å²) in [6, 6.07) is 4.94. The van der Waals surface area contributed by atoms with Crippen LogP contribution in [0.15, 0.2) is 24.5 Å². The molecule has 2 aromatic rings. The Morgan fingerprint density at radius 1 is 1.43 bits per heavy atom. The summed E-state index contributed by atoms with van der Waals surface area (Å²) in [6.45, 7) is 5.22. The van der Waals surface area contributed by atoms with Crippen LogP contribution >= 0.6 is 0 Å². The Morgan fingerprint density at radius 2 is 2.24 bits per heavy atom. The van der Waals surface area contributed by atoms with E-state index in [0.29, 0.717) is 24.7 Å². The first-order chi connectivity index (χ1) is 10.2. The molecule has 1 aromatic heterocycles. The molecule has 0 unspecified atom stereocenters. The van der Waals surface area contributed by atoms with Gasteiger partial charge in [0, 0.05) is 6.54 Å². The summed E-state index contributed by atoms with van der Waals surface area (Å²) in [6.07, 6.45) is 1.63. The van der Waals surface area contributed by atoms with Crippen molar-refractivity contribution < 1.29 is 9.66 Å². The standard InChI is InChI=1S/C13H17N5O3/c1-3-17-9-15-16-12(17)8-14-10-6-5-7-11(21-4-2)13(10)18(19)20/h5-7,9,14H,3-4,8H2,1-2H3. The van der Waals surface area contributed by atoms with Gasteiger partial charge in [-0.2, -0.15) is 0 Å². The lowest BCUT2D eigenvalue weighted by molar-refractivity contribution is -0.384. The third-order valence-corrected chi connectivity index (χ3v) is 2.95. The number of nitrogens with zero attached hydrogens (tertiary/aromatic N) is 4. The maximum Gasteiger partial charge on any atom is 0.333 e. The Balaban J connectivity index is 2.23. The van der Waals surface area contributed by atoms with Crippen molar-refractivity contribution in [3.63, 3.8) is 0 Å². The topological polar surface area (TPSA) is 95.1 Å². The molecule has 0 atom stereocenters. The maximum atomic E-state index is 11.3. The van der Waals surface area contributed by atoms with Crippen LogP contribution in [0.25, 0.3) is 0 Å². The lowest BCUT2D eigenvalue weighted by Crippen LogP contribution is -2.09. The van der Waals surface area contributed by atoms with Crippen LogP contribution in [0.1, 0.15) is 19.7 Å². The van der Waals surface area contributed by atoms with Crippen LogP contribution in [0.2, 0.25) is 0 Å². The second-order valence-corrected chi connectivity index (χ2v) is 4.23. The molecule has 1 heterocycles. The second kappa shape index (κ2) is 6.69. The van der Waals surface area contributed by atoms with Gasteiger partial charge in [-0.05, 0) is 26.0 Å². The minimum atomic E-state index is -0.447. The number of nitro groups is 1. The van der Waals surface area contributed by atoms with Crippen molar-refractivity contribution in [2.24, 2.45) is 0 Å². The van der Waals surface area contributed by atoms with Gasteiger partial charge >= 0.3 is 5.69 Å². The number of aromatic nitrogens is 3. The van der Waals surface area contributed by atoms with Crippen molar-refractivity contribution in [3.8, 4) is 5.75 Å². The fourth-order valence-electron chi connectivity index (χ4n) is 1.98. The molecular weight excluding hydrogens is 274 g/mol. The first-order valence-electron chi connectivity index (χ1n) is 6.68. The molecule has 1 N–H and O–H groups in total. The highest BCUT2D eigenvalue weighted by Gasteiger charge is 2.21. The fraction of sp³-hybridized carbons (Fsp3) is 0.385. The Morgan fingerprint density at radius 3 is 2.90 bits per heavy atom. The van der Waals surface area contributed by atoms with Crippen molar-refractivity contribution in [2.45, 2.75) is 26.9 Å². The van der Waals surface area contributed by atoms with Crippen molar-refractivity contribution >= 4 is 11.4 Å². The molecule has 0 spiro atoms. The quantitative estimate of drug-likeness (QED) is 0.620. The van der Waals surface area contributed by atoms with Gasteiger partial charge in [0.1, 0.15) is 12.0 Å². The molecule has 0 saturated carbocycles. The monoisotopic (exact) mass is 291 g/mol. The first-order valence-corrected chi connectivity index (χ1v) is 6.68. The summed E-state index contributed by atoms with van der Waals surface area (Å²) < 4.78 is 7.17. The number of nitrogens with one attached hydrogen (secondary N) is 1. The number of benzene rings is 1. The zero-order valence-electron chi connectivity index (χ0n) is 11.9. The summed E-state index contributed by atoms with van der Waals surface area (Å²) in [4.78, 5) is 10.8. The van der Waals surface area contributed by atoms with Crippen LogP contribution in [0.5, 0.6) is 5.75 Å². The Hall–Kier alpha value is -2.64. The minimum absolute atomic E-state index is 0.0677. The van der Waals surface area contributed by atoms with Crippen molar-refractivity contribution in [3.05, 3.63) is 40.5 Å². The number of hydrogen-bond acceptors (Lipinski definition) is 6. The zero-order chi connectivity index (χ0) is 15.2. The van der Waals surface area contributed by atoms with E-state index in [9.17, 15) is 10.1 Å². The fourth-order valence-corrected chi connectivity index (χ4v) is 1.98. The molecular formula is C13H17N5O3. The van der Waals surface area contributed by atoms with Crippen LogP contribution < -0.4 is 10.1 Å². The van der Waals surface area contributed by atoms with Gasteiger partial charge in [-0.15, -0.1) is 10.2 Å². The van der Waals surface area contributed by atoms with E-state index in [-0.39, 0.29) is 11.4 Å². The van der Waals surface area contributed by atoms with Crippen LogP contribution in [-0.4, -0.2) is 26.3 Å². The summed E-state index contributed by atoms with van der Waals surface area (Å²) in [5.74, 6) is 0.970. The highest BCUT2D eigenvalue weighted by Crippen LogP contribution is 2.34. The average Bonchev–Trinajstić information content (AvgIpc) is 2.92. The summed E-state index contributed by atoms with van der Waals surface area (Å²) in [7, 11) is 0. The lowest BCUT2D eigenvalue weighted by Gasteiger charge is -2.10. The van der Waals surface area contributed by atoms with E-state index in [1.54, 1.807) is 31.5 Å².